The highest BCUT2D eigenvalue weighted by Crippen LogP contribution is 2.65. The molecule has 0 radical (unpaired) electrons. The predicted octanol–water partition coefficient (Wildman–Crippen LogP) is 5.67. The standard InChI is InChI=1S/C24H39NO/c1-4-5-6-15-25-22-10-9-20-19-8-7-17-16-18(26)11-13-23(17,2)21(19)12-14-24(20,22)3/h16,19-22,25H,4-15H2,1-3H3/t19-,20-,21+,22?,23-,24-/m0/s1. The van der Waals surface area contributed by atoms with Crippen molar-refractivity contribution in [1.82, 2.24) is 5.32 Å². The zero-order chi connectivity index (χ0) is 18.4. The van der Waals surface area contributed by atoms with Gasteiger partial charge in [-0.2, -0.15) is 0 Å². The number of ketones is 1. The number of rotatable bonds is 5. The molecule has 3 fully saturated rings. The van der Waals surface area contributed by atoms with Crippen LogP contribution in [0.15, 0.2) is 11.6 Å². The summed E-state index contributed by atoms with van der Waals surface area (Å²) in [6.07, 6.45) is 16.0. The van der Waals surface area contributed by atoms with E-state index >= 15 is 0 Å². The minimum Gasteiger partial charge on any atom is -0.313 e. The number of carbonyl (C=O) groups excluding carboxylic acids is 1. The molecular formula is C24H39NO. The monoisotopic (exact) mass is 357 g/mol. The molecule has 4 aliphatic carbocycles. The van der Waals surface area contributed by atoms with E-state index in [1.807, 2.05) is 6.08 Å². The molecule has 6 atom stereocenters. The number of fused-ring (bicyclic) bond motifs is 5. The molecule has 0 aromatic carbocycles. The molecule has 0 bridgehead atoms. The summed E-state index contributed by atoms with van der Waals surface area (Å²) in [5, 5.41) is 3.97. The lowest BCUT2D eigenvalue weighted by molar-refractivity contribution is -0.117. The van der Waals surface area contributed by atoms with Gasteiger partial charge < -0.3 is 5.32 Å². The first-order chi connectivity index (χ1) is 12.5. The molecule has 2 heteroatoms. The van der Waals surface area contributed by atoms with E-state index in [0.717, 1.165) is 36.6 Å². The summed E-state index contributed by atoms with van der Waals surface area (Å²) in [4.78, 5) is 12.0. The third kappa shape index (κ3) is 2.91. The Bertz CT molecular complexity index is 581. The molecule has 0 saturated heterocycles. The minimum absolute atomic E-state index is 0.324. The summed E-state index contributed by atoms with van der Waals surface area (Å²) in [6, 6.07) is 0.739. The van der Waals surface area contributed by atoms with Gasteiger partial charge in [-0.15, -0.1) is 0 Å². The molecule has 0 spiro atoms. The number of nitrogens with one attached hydrogen (secondary N) is 1. The molecule has 26 heavy (non-hydrogen) atoms. The fraction of sp³-hybridized carbons (Fsp3) is 0.875. The quantitative estimate of drug-likeness (QED) is 0.643. The number of hydrogen-bond acceptors (Lipinski definition) is 2. The first-order valence-corrected chi connectivity index (χ1v) is 11.5. The first kappa shape index (κ1) is 18.7. The van der Waals surface area contributed by atoms with E-state index in [4.69, 9.17) is 0 Å². The van der Waals surface area contributed by atoms with Gasteiger partial charge >= 0.3 is 0 Å². The van der Waals surface area contributed by atoms with E-state index in [2.05, 4.69) is 26.1 Å². The van der Waals surface area contributed by atoms with Gasteiger partial charge in [-0.1, -0.05) is 39.2 Å². The van der Waals surface area contributed by atoms with Gasteiger partial charge in [0.2, 0.25) is 0 Å². The lowest BCUT2D eigenvalue weighted by Gasteiger charge is -2.58. The number of hydrogen-bond donors (Lipinski definition) is 1. The summed E-state index contributed by atoms with van der Waals surface area (Å²) < 4.78 is 0. The summed E-state index contributed by atoms with van der Waals surface area (Å²) in [5.74, 6) is 3.01. The number of unbranched alkanes of at least 4 members (excludes halogenated alkanes) is 2. The fourth-order valence-corrected chi connectivity index (χ4v) is 7.55. The van der Waals surface area contributed by atoms with E-state index in [-0.39, 0.29) is 0 Å². The molecule has 0 heterocycles. The Balaban J connectivity index is 1.49. The molecule has 4 aliphatic rings. The maximum absolute atomic E-state index is 12.0. The molecule has 0 aromatic rings. The molecule has 1 N–H and O–H groups in total. The lowest BCUT2D eigenvalue weighted by Crippen LogP contribution is -2.53. The third-order valence-corrected chi connectivity index (χ3v) is 9.13. The highest BCUT2D eigenvalue weighted by Gasteiger charge is 2.58. The minimum atomic E-state index is 0.324. The zero-order valence-corrected chi connectivity index (χ0v) is 17.3. The second-order valence-electron chi connectivity index (χ2n) is 10.3. The Labute approximate surface area is 160 Å². The second kappa shape index (κ2) is 7.08. The Kier molecular flexibility index (Phi) is 5.09. The van der Waals surface area contributed by atoms with E-state index in [0.29, 0.717) is 16.6 Å². The van der Waals surface area contributed by atoms with Crippen molar-refractivity contribution in [2.45, 2.75) is 97.4 Å². The molecule has 0 aromatic heterocycles. The van der Waals surface area contributed by atoms with Crippen molar-refractivity contribution >= 4 is 5.78 Å². The summed E-state index contributed by atoms with van der Waals surface area (Å²) in [5.41, 5.74) is 2.34. The highest BCUT2D eigenvalue weighted by atomic mass is 16.1. The van der Waals surface area contributed by atoms with Gasteiger partial charge in [0.15, 0.2) is 5.78 Å². The Morgan fingerprint density at radius 3 is 2.69 bits per heavy atom. The van der Waals surface area contributed by atoms with Crippen LogP contribution in [0.4, 0.5) is 0 Å². The molecular weight excluding hydrogens is 318 g/mol. The third-order valence-electron chi connectivity index (χ3n) is 9.13. The number of allylic oxidation sites excluding steroid dienone is 1. The van der Waals surface area contributed by atoms with Crippen LogP contribution in [0.25, 0.3) is 0 Å². The van der Waals surface area contributed by atoms with Crippen molar-refractivity contribution in [2.75, 3.05) is 6.54 Å². The van der Waals surface area contributed by atoms with Gasteiger partial charge in [0, 0.05) is 12.5 Å². The first-order valence-electron chi connectivity index (χ1n) is 11.5. The normalized spacial score (nSPS) is 44.9. The van der Waals surface area contributed by atoms with Crippen molar-refractivity contribution in [2.24, 2.45) is 28.6 Å². The van der Waals surface area contributed by atoms with Crippen molar-refractivity contribution in [3.8, 4) is 0 Å². The molecule has 1 unspecified atom stereocenters. The molecule has 4 rings (SSSR count). The molecule has 2 nitrogen and oxygen atoms in total. The van der Waals surface area contributed by atoms with Crippen LogP contribution in [0.3, 0.4) is 0 Å². The van der Waals surface area contributed by atoms with Crippen LogP contribution in [0, 0.1) is 28.6 Å². The molecule has 146 valence electrons. The summed E-state index contributed by atoms with van der Waals surface area (Å²) in [7, 11) is 0. The van der Waals surface area contributed by atoms with Crippen LogP contribution in [0.2, 0.25) is 0 Å². The smallest absolute Gasteiger partial charge is 0.155 e. The Morgan fingerprint density at radius 2 is 1.88 bits per heavy atom. The van der Waals surface area contributed by atoms with Gasteiger partial charge in [-0.05, 0) is 92.6 Å². The van der Waals surface area contributed by atoms with Crippen LogP contribution in [0.1, 0.15) is 91.4 Å². The topological polar surface area (TPSA) is 29.1 Å². The summed E-state index contributed by atoms with van der Waals surface area (Å²) >= 11 is 0. The van der Waals surface area contributed by atoms with E-state index < -0.39 is 0 Å². The predicted molar refractivity (Wildman–Crippen MR) is 108 cm³/mol. The SMILES string of the molecule is CCCCCNC1CC[C@H]2[C@@H]3CCC4=CC(=O)CC[C@]4(C)[C@@H]3CC[C@]12C. The van der Waals surface area contributed by atoms with Gasteiger partial charge in [0.1, 0.15) is 0 Å². The zero-order valence-electron chi connectivity index (χ0n) is 17.3. The number of carbonyl (C=O) groups is 1. The molecule has 3 saturated carbocycles. The van der Waals surface area contributed by atoms with Crippen LogP contribution >= 0.6 is 0 Å². The average molecular weight is 358 g/mol. The molecule has 0 aliphatic heterocycles. The van der Waals surface area contributed by atoms with Gasteiger partial charge in [-0.25, -0.2) is 0 Å². The largest absolute Gasteiger partial charge is 0.313 e. The molecule has 0 amide bonds. The van der Waals surface area contributed by atoms with Gasteiger partial charge in [-0.3, -0.25) is 4.79 Å². The van der Waals surface area contributed by atoms with Gasteiger partial charge in [0.25, 0.3) is 0 Å². The Morgan fingerprint density at radius 1 is 1.04 bits per heavy atom. The second-order valence-corrected chi connectivity index (χ2v) is 10.3. The van der Waals surface area contributed by atoms with E-state index in [1.165, 1.54) is 69.9 Å². The summed E-state index contributed by atoms with van der Waals surface area (Å²) in [6.45, 7) is 8.61. The lowest BCUT2D eigenvalue weighted by atomic mass is 9.47. The van der Waals surface area contributed by atoms with Crippen LogP contribution in [-0.4, -0.2) is 18.4 Å². The highest BCUT2D eigenvalue weighted by molar-refractivity contribution is 5.91. The van der Waals surface area contributed by atoms with Crippen LogP contribution in [-0.2, 0) is 4.79 Å². The Hall–Kier alpha value is -0.630. The van der Waals surface area contributed by atoms with Crippen molar-refractivity contribution in [3.05, 3.63) is 11.6 Å². The van der Waals surface area contributed by atoms with Crippen molar-refractivity contribution in [3.63, 3.8) is 0 Å². The van der Waals surface area contributed by atoms with Crippen molar-refractivity contribution < 1.29 is 4.79 Å². The average Bonchev–Trinajstić information content (AvgIpc) is 2.96. The van der Waals surface area contributed by atoms with E-state index in [9.17, 15) is 4.79 Å². The maximum atomic E-state index is 12.0. The van der Waals surface area contributed by atoms with Crippen LogP contribution < -0.4 is 5.32 Å². The van der Waals surface area contributed by atoms with Crippen molar-refractivity contribution in [1.29, 1.82) is 0 Å². The van der Waals surface area contributed by atoms with Crippen LogP contribution in [0.5, 0.6) is 0 Å². The maximum Gasteiger partial charge on any atom is 0.155 e. The van der Waals surface area contributed by atoms with E-state index in [1.54, 1.807) is 0 Å². The fourth-order valence-electron chi connectivity index (χ4n) is 7.55. The van der Waals surface area contributed by atoms with Gasteiger partial charge in [0.05, 0.1) is 0 Å².